The lowest BCUT2D eigenvalue weighted by Gasteiger charge is -2.27. The van der Waals surface area contributed by atoms with Gasteiger partial charge in [-0.15, -0.1) is 0 Å². The summed E-state index contributed by atoms with van der Waals surface area (Å²) in [7, 11) is 1.94. The van der Waals surface area contributed by atoms with Gasteiger partial charge in [0.05, 0.1) is 11.9 Å². The van der Waals surface area contributed by atoms with Crippen LogP contribution < -0.4 is 10.6 Å². The zero-order chi connectivity index (χ0) is 14.2. The fraction of sp³-hybridized carbons (Fsp3) is 0.471. The van der Waals surface area contributed by atoms with Gasteiger partial charge in [0, 0.05) is 25.0 Å². The smallest absolute Gasteiger partial charge is 0.0770 e. The van der Waals surface area contributed by atoms with E-state index in [1.165, 1.54) is 30.4 Å². The molecule has 21 heavy (non-hydrogen) atoms. The van der Waals surface area contributed by atoms with Gasteiger partial charge < -0.3 is 10.6 Å². The lowest BCUT2D eigenvalue weighted by Crippen LogP contribution is -2.30. The maximum atomic E-state index is 4.20. The molecule has 1 aromatic carbocycles. The minimum Gasteiger partial charge on any atom is -0.353 e. The summed E-state index contributed by atoms with van der Waals surface area (Å²) in [6.45, 7) is 1.11. The topological polar surface area (TPSA) is 41.9 Å². The van der Waals surface area contributed by atoms with Crippen LogP contribution in [0.3, 0.4) is 0 Å². The third-order valence-corrected chi connectivity index (χ3v) is 4.57. The van der Waals surface area contributed by atoms with Crippen molar-refractivity contribution in [3.63, 3.8) is 0 Å². The van der Waals surface area contributed by atoms with E-state index in [4.69, 9.17) is 0 Å². The third kappa shape index (κ3) is 2.81. The first kappa shape index (κ1) is 12.9. The molecule has 1 fully saturated rings. The van der Waals surface area contributed by atoms with Gasteiger partial charge in [-0.25, -0.2) is 0 Å². The number of rotatable bonds is 4. The first-order valence-corrected chi connectivity index (χ1v) is 7.90. The molecule has 1 saturated carbocycles. The van der Waals surface area contributed by atoms with E-state index in [9.17, 15) is 0 Å². The first-order chi connectivity index (χ1) is 10.3. The predicted octanol–water partition coefficient (Wildman–Crippen LogP) is 3.15. The molecule has 1 aliphatic heterocycles. The number of benzene rings is 1. The van der Waals surface area contributed by atoms with Gasteiger partial charge in [-0.05, 0) is 48.6 Å². The summed E-state index contributed by atoms with van der Waals surface area (Å²) in [6, 6.07) is 7.33. The lowest BCUT2D eigenvalue weighted by molar-refractivity contribution is 0.453. The number of hydrogen-bond donors (Lipinski definition) is 2. The van der Waals surface area contributed by atoms with Crippen molar-refractivity contribution in [1.82, 2.24) is 15.1 Å². The molecule has 0 amide bonds. The molecule has 2 aliphatic rings. The van der Waals surface area contributed by atoms with E-state index in [0.29, 0.717) is 6.04 Å². The number of aryl methyl sites for hydroxylation is 1. The largest absolute Gasteiger partial charge is 0.353 e. The highest BCUT2D eigenvalue weighted by Gasteiger charge is 2.28. The van der Waals surface area contributed by atoms with Crippen molar-refractivity contribution in [3.05, 3.63) is 41.7 Å². The number of nitrogens with one attached hydrogen (secondary N) is 2. The van der Waals surface area contributed by atoms with E-state index < -0.39 is 0 Å². The number of hydrogen-bond acceptors (Lipinski definition) is 3. The Labute approximate surface area is 125 Å². The minimum absolute atomic E-state index is 0.539. The average Bonchev–Trinajstić information content (AvgIpc) is 3.21. The van der Waals surface area contributed by atoms with Crippen LogP contribution in [0.4, 0.5) is 11.4 Å². The molecule has 110 valence electrons. The molecule has 0 spiro atoms. The van der Waals surface area contributed by atoms with Gasteiger partial charge in [-0.3, -0.25) is 4.68 Å². The quantitative estimate of drug-likeness (QED) is 0.905. The summed E-state index contributed by atoms with van der Waals surface area (Å²) in [6.07, 6.45) is 9.13. The Hall–Kier alpha value is -1.81. The molecule has 4 nitrogen and oxygen atoms in total. The zero-order valence-electron chi connectivity index (χ0n) is 12.5. The van der Waals surface area contributed by atoms with E-state index in [1.54, 1.807) is 0 Å². The van der Waals surface area contributed by atoms with Gasteiger partial charge in [-0.1, -0.05) is 18.9 Å². The van der Waals surface area contributed by atoms with Crippen LogP contribution in [-0.2, 0) is 13.5 Å². The van der Waals surface area contributed by atoms with Gasteiger partial charge in [0.15, 0.2) is 0 Å². The van der Waals surface area contributed by atoms with Crippen LogP contribution in [0.25, 0.3) is 0 Å². The number of nitrogens with zero attached hydrogens (tertiary/aromatic N) is 2. The second kappa shape index (κ2) is 5.19. The molecule has 2 heterocycles. The Morgan fingerprint density at radius 2 is 2.24 bits per heavy atom. The summed E-state index contributed by atoms with van der Waals surface area (Å²) in [5.74, 6) is 0.948. The molecule has 2 aromatic rings. The second-order valence-electron chi connectivity index (χ2n) is 6.38. The van der Waals surface area contributed by atoms with Crippen molar-refractivity contribution >= 4 is 11.4 Å². The molecule has 0 bridgehead atoms. The number of aromatic nitrogens is 2. The van der Waals surface area contributed by atoms with Crippen LogP contribution in [0.1, 0.15) is 36.4 Å². The van der Waals surface area contributed by atoms with Crippen molar-refractivity contribution in [2.45, 2.75) is 31.7 Å². The van der Waals surface area contributed by atoms with E-state index >= 15 is 0 Å². The van der Waals surface area contributed by atoms with Gasteiger partial charge in [0.25, 0.3) is 0 Å². The fourth-order valence-corrected chi connectivity index (χ4v) is 3.27. The van der Waals surface area contributed by atoms with E-state index in [0.717, 1.165) is 30.3 Å². The molecule has 4 rings (SSSR count). The zero-order valence-corrected chi connectivity index (χ0v) is 12.5. The van der Waals surface area contributed by atoms with Crippen molar-refractivity contribution in [2.24, 2.45) is 13.0 Å². The highest BCUT2D eigenvalue weighted by Crippen LogP contribution is 2.40. The Morgan fingerprint density at radius 3 is 3.00 bits per heavy atom. The van der Waals surface area contributed by atoms with Crippen molar-refractivity contribution in [2.75, 3.05) is 11.9 Å². The fourth-order valence-electron chi connectivity index (χ4n) is 3.27. The lowest BCUT2D eigenvalue weighted by atomic mass is 9.91. The molecule has 1 atom stereocenters. The number of fused-ring (bicyclic) bond motifs is 1. The van der Waals surface area contributed by atoms with Crippen molar-refractivity contribution in [1.29, 1.82) is 0 Å². The SMILES string of the molecule is Cn1cc(Nc2ccc3c(c2)C(CC2CC2)NCC3)cn1. The monoisotopic (exact) mass is 282 g/mol. The standard InChI is InChI=1S/C17H22N4/c1-21-11-15(10-19-21)20-14-5-4-13-6-7-18-17(16(13)9-14)8-12-2-3-12/h4-5,9-12,17-18,20H,2-3,6-8H2,1H3. The van der Waals surface area contributed by atoms with Crippen LogP contribution in [0, 0.1) is 5.92 Å². The molecule has 0 saturated heterocycles. The van der Waals surface area contributed by atoms with Crippen LogP contribution >= 0.6 is 0 Å². The van der Waals surface area contributed by atoms with Gasteiger partial charge in [-0.2, -0.15) is 5.10 Å². The molecule has 4 heteroatoms. The Bertz CT molecular complexity index is 642. The average molecular weight is 282 g/mol. The summed E-state index contributed by atoms with van der Waals surface area (Å²) >= 11 is 0. The number of anilines is 2. The minimum atomic E-state index is 0.539. The predicted molar refractivity (Wildman–Crippen MR) is 84.7 cm³/mol. The van der Waals surface area contributed by atoms with Crippen LogP contribution in [0.15, 0.2) is 30.6 Å². The highest BCUT2D eigenvalue weighted by molar-refractivity contribution is 5.60. The maximum absolute atomic E-state index is 4.20. The molecule has 1 unspecified atom stereocenters. The Kier molecular flexibility index (Phi) is 3.19. The Morgan fingerprint density at radius 1 is 1.33 bits per heavy atom. The van der Waals surface area contributed by atoms with E-state index in [-0.39, 0.29) is 0 Å². The summed E-state index contributed by atoms with van der Waals surface area (Å²) in [5.41, 5.74) is 5.20. The van der Waals surface area contributed by atoms with Crippen molar-refractivity contribution in [3.8, 4) is 0 Å². The normalized spacial score (nSPS) is 21.1. The summed E-state index contributed by atoms with van der Waals surface area (Å²) in [5, 5.41) is 11.4. The van der Waals surface area contributed by atoms with Gasteiger partial charge in [0.1, 0.15) is 0 Å². The second-order valence-corrected chi connectivity index (χ2v) is 6.38. The van der Waals surface area contributed by atoms with E-state index in [1.807, 2.05) is 24.1 Å². The molecule has 1 aliphatic carbocycles. The van der Waals surface area contributed by atoms with E-state index in [2.05, 4.69) is 33.9 Å². The maximum Gasteiger partial charge on any atom is 0.0770 e. The van der Waals surface area contributed by atoms with Gasteiger partial charge in [0.2, 0.25) is 0 Å². The molecule has 0 radical (unpaired) electrons. The highest BCUT2D eigenvalue weighted by atomic mass is 15.3. The first-order valence-electron chi connectivity index (χ1n) is 7.90. The van der Waals surface area contributed by atoms with Crippen LogP contribution in [0.2, 0.25) is 0 Å². The Balaban J connectivity index is 1.58. The third-order valence-electron chi connectivity index (χ3n) is 4.57. The molecular formula is C17H22N4. The summed E-state index contributed by atoms with van der Waals surface area (Å²) < 4.78 is 1.82. The molecule has 1 aromatic heterocycles. The van der Waals surface area contributed by atoms with Crippen molar-refractivity contribution < 1.29 is 0 Å². The molecule has 2 N–H and O–H groups in total. The van der Waals surface area contributed by atoms with Crippen LogP contribution in [0.5, 0.6) is 0 Å². The molecular weight excluding hydrogens is 260 g/mol. The van der Waals surface area contributed by atoms with Gasteiger partial charge >= 0.3 is 0 Å². The van der Waals surface area contributed by atoms with Crippen LogP contribution in [-0.4, -0.2) is 16.3 Å². The summed E-state index contributed by atoms with van der Waals surface area (Å²) in [4.78, 5) is 0.